The fraction of sp³-hybridized carbons (Fsp3) is 0.608. The molecule has 606 valence electrons. The lowest BCUT2D eigenvalue weighted by Crippen LogP contribution is -2.54. The molecule has 14 rings (SSSR count). The van der Waals surface area contributed by atoms with Crippen molar-refractivity contribution in [2.24, 2.45) is 25.9 Å². The molecule has 113 heavy (non-hydrogen) atoms. The summed E-state index contributed by atoms with van der Waals surface area (Å²) in [5.74, 6) is -0.0401. The Balaban J connectivity index is 0.521. The number of unbranched alkanes of at least 4 members (excludes halogenated alkanes) is 5. The number of hydrogen-bond donors (Lipinski definition) is 8. The van der Waals surface area contributed by atoms with Crippen molar-refractivity contribution in [1.82, 2.24) is 80.9 Å². The summed E-state index contributed by atoms with van der Waals surface area (Å²) in [7, 11) is 3.94. The molecule has 9 heterocycles. The summed E-state index contributed by atoms with van der Waals surface area (Å²) in [5.41, 5.74) is 6.16. The zero-order chi connectivity index (χ0) is 78.3. The Hall–Kier alpha value is -8.96. The first-order valence-corrected chi connectivity index (χ1v) is 41.8. The molecule has 6 aromatic rings. The van der Waals surface area contributed by atoms with E-state index in [4.69, 9.17) is 50.6 Å². The third-order valence-corrected chi connectivity index (χ3v) is 24.2. The number of nitrogens with one attached hydrogen (secondary N) is 8. The number of piperidine rings is 2. The topological polar surface area (TPSA) is 380 Å². The van der Waals surface area contributed by atoms with Gasteiger partial charge in [0.1, 0.15) is 29.1 Å². The zero-order valence-electron chi connectivity index (χ0n) is 64.6. The van der Waals surface area contributed by atoms with Crippen molar-refractivity contribution < 1.29 is 57.3 Å². The van der Waals surface area contributed by atoms with E-state index in [9.17, 15) is 38.4 Å². The molecule has 4 aliphatic heterocycles. The first-order valence-electron chi connectivity index (χ1n) is 40.6. The number of carbonyl (C=O) groups is 8. The molecule has 2 saturated heterocycles. The maximum atomic E-state index is 15.0. The van der Waals surface area contributed by atoms with E-state index in [1.54, 1.807) is 29.4 Å². The standard InChI is InChI=1S/C79H105ClN20O12S/c1-96-62(40-48-12-13-48)57(44-87-96)68-67(80)71(95-78(93-68)90-54-22-18-52(19-23-54)82-29-32-109-34-36-111-38-39-112-37-35-110-33-30-83-59-11-9-10-56-66(59)75(106)100(74(56)105)61-25-27-65(102)92-73(61)104)98(79(108)84-43-55-42-50-46-99(76(107)69(50)113-55)60-24-26-64(101)91-72(60)103)31-8-6-4-3-5-7-28-81-51-16-20-53(21-17-51)89-77-86-47-85-70(94-77)58-45-88-97(2)63(58)41-49-14-15-49/h9-11,42,44-45,47-49,51-54,60-61,81-83H,3-8,12-41,43,46H2,1-2H3,(H,84,108)(H,90,93,95)(H,91,101,103)(H,92,102,104)(H,85,86,89,94). The van der Waals surface area contributed by atoms with Crippen LogP contribution in [0.25, 0.3) is 22.6 Å². The molecule has 0 spiro atoms. The molecule has 5 aromatic heterocycles. The number of carbonyl (C=O) groups excluding carboxylic acids is 8. The number of halogens is 1. The summed E-state index contributed by atoms with van der Waals surface area (Å²) in [4.78, 5) is 134. The number of nitrogens with zero attached hydrogens (tertiary/aromatic N) is 12. The highest BCUT2D eigenvalue weighted by Gasteiger charge is 2.46. The molecule has 8 N–H and O–H groups in total. The highest BCUT2D eigenvalue weighted by atomic mass is 35.5. The van der Waals surface area contributed by atoms with Gasteiger partial charge in [0.2, 0.25) is 35.5 Å². The van der Waals surface area contributed by atoms with Crippen molar-refractivity contribution in [3.05, 3.63) is 85.8 Å². The molecule has 9 amide bonds. The molecule has 8 aliphatic rings. The fourth-order valence-corrected chi connectivity index (χ4v) is 17.4. The zero-order valence-corrected chi connectivity index (χ0v) is 66.2. The van der Waals surface area contributed by atoms with Crippen LogP contribution in [0.5, 0.6) is 0 Å². The van der Waals surface area contributed by atoms with Crippen LogP contribution >= 0.6 is 22.9 Å². The average Bonchev–Trinajstić information content (AvgIpc) is 1.69. The SMILES string of the molecule is Cn1ncc(-c2ncnc(NC3CCC(NCCCCCCCCN(C(=O)NCc4cc5c(s4)C(=O)N(C4CCC(=O)NC4=O)C5)c4nc(NC5CCC(NCCOCCOCCOCCOCCNc6cccc7c6C(=O)N(C6CCC(=O)NC6=O)C7=O)CC5)nc(-c5cnn(C)c5CC5CC5)c4Cl)CC3)n2)c1CC1CC1. The number of amides is 9. The Bertz CT molecular complexity index is 4380. The predicted octanol–water partition coefficient (Wildman–Crippen LogP) is 7.81. The number of thiophene rings is 1. The summed E-state index contributed by atoms with van der Waals surface area (Å²) >= 11 is 8.88. The highest BCUT2D eigenvalue weighted by molar-refractivity contribution is 7.14. The highest BCUT2D eigenvalue weighted by Crippen LogP contribution is 2.42. The third kappa shape index (κ3) is 20.8. The van der Waals surface area contributed by atoms with Crippen molar-refractivity contribution in [3.8, 4) is 22.6 Å². The van der Waals surface area contributed by atoms with E-state index in [0.29, 0.717) is 143 Å². The van der Waals surface area contributed by atoms with Crippen LogP contribution in [0.15, 0.2) is 43.0 Å². The van der Waals surface area contributed by atoms with Gasteiger partial charge in [-0.1, -0.05) is 43.4 Å². The molecule has 4 saturated carbocycles. The second-order valence-corrected chi connectivity index (χ2v) is 32.5. The van der Waals surface area contributed by atoms with Gasteiger partial charge in [0, 0.05) is 105 Å². The molecule has 34 heteroatoms. The van der Waals surface area contributed by atoms with Gasteiger partial charge in [-0.25, -0.2) is 19.7 Å². The van der Waals surface area contributed by atoms with Gasteiger partial charge < -0.3 is 55.7 Å². The van der Waals surface area contributed by atoms with Crippen molar-refractivity contribution in [2.45, 2.75) is 203 Å². The lowest BCUT2D eigenvalue weighted by molar-refractivity contribution is -0.138. The minimum absolute atomic E-state index is 0.0477. The minimum atomic E-state index is -1.04. The first kappa shape index (κ1) is 80.6. The van der Waals surface area contributed by atoms with Crippen molar-refractivity contribution in [1.29, 1.82) is 0 Å². The van der Waals surface area contributed by atoms with Crippen LogP contribution in [0.2, 0.25) is 5.02 Å². The van der Waals surface area contributed by atoms with Gasteiger partial charge in [-0.2, -0.15) is 20.2 Å². The Labute approximate surface area is 666 Å². The Morgan fingerprint density at radius 3 is 1.81 bits per heavy atom. The largest absolute Gasteiger partial charge is 0.382 e. The molecule has 1 aromatic carbocycles. The molecular formula is C79H105ClN20O12S. The van der Waals surface area contributed by atoms with Gasteiger partial charge in [-0.15, -0.1) is 11.3 Å². The number of urea groups is 1. The van der Waals surface area contributed by atoms with Crippen LogP contribution in [0.3, 0.4) is 0 Å². The number of hydrogen-bond acceptors (Lipinski definition) is 25. The lowest BCUT2D eigenvalue weighted by Gasteiger charge is -2.30. The fourth-order valence-electron chi connectivity index (χ4n) is 16.1. The number of fused-ring (bicyclic) bond motifs is 2. The van der Waals surface area contributed by atoms with Crippen LogP contribution in [-0.2, 0) is 78.2 Å². The maximum Gasteiger partial charge on any atom is 0.323 e. The monoisotopic (exact) mass is 1590 g/mol. The number of rotatable bonds is 42. The van der Waals surface area contributed by atoms with Gasteiger partial charge in [0.05, 0.1) is 93.4 Å². The van der Waals surface area contributed by atoms with E-state index in [2.05, 4.69) is 57.6 Å². The molecular weight excluding hydrogens is 1490 g/mol. The van der Waals surface area contributed by atoms with Gasteiger partial charge in [0.15, 0.2) is 11.6 Å². The van der Waals surface area contributed by atoms with E-state index >= 15 is 0 Å². The summed E-state index contributed by atoms with van der Waals surface area (Å²) < 4.78 is 26.9. The van der Waals surface area contributed by atoms with Crippen LogP contribution < -0.4 is 47.4 Å². The molecule has 0 radical (unpaired) electrons. The van der Waals surface area contributed by atoms with Gasteiger partial charge in [0.25, 0.3) is 17.7 Å². The summed E-state index contributed by atoms with van der Waals surface area (Å²) in [5, 5.41) is 35.2. The lowest BCUT2D eigenvalue weighted by atomic mass is 9.91. The molecule has 2 atom stereocenters. The molecule has 0 bridgehead atoms. The van der Waals surface area contributed by atoms with Gasteiger partial charge >= 0.3 is 6.03 Å². The van der Waals surface area contributed by atoms with Crippen LogP contribution in [0.4, 0.5) is 28.2 Å². The number of aryl methyl sites for hydroxylation is 2. The van der Waals surface area contributed by atoms with Crippen LogP contribution in [-0.4, -0.2) is 217 Å². The first-order chi connectivity index (χ1) is 55.1. The Morgan fingerprint density at radius 2 is 1.17 bits per heavy atom. The van der Waals surface area contributed by atoms with E-state index in [1.807, 2.05) is 41.9 Å². The molecule has 4 aliphatic carbocycles. The normalized spacial score (nSPS) is 21.1. The van der Waals surface area contributed by atoms with E-state index in [-0.39, 0.29) is 78.8 Å². The van der Waals surface area contributed by atoms with E-state index in [1.165, 1.54) is 34.8 Å². The van der Waals surface area contributed by atoms with Crippen molar-refractivity contribution >= 4 is 93.7 Å². The average molecular weight is 1590 g/mol. The van der Waals surface area contributed by atoms with Crippen molar-refractivity contribution in [2.75, 3.05) is 99.9 Å². The number of imide groups is 3. The Morgan fingerprint density at radius 1 is 0.593 bits per heavy atom. The van der Waals surface area contributed by atoms with Crippen LogP contribution in [0.1, 0.15) is 193 Å². The second-order valence-electron chi connectivity index (χ2n) is 31.0. The number of anilines is 4. The maximum absolute atomic E-state index is 15.0. The minimum Gasteiger partial charge on any atom is -0.382 e. The number of ether oxygens (including phenoxy) is 4. The van der Waals surface area contributed by atoms with E-state index < -0.39 is 41.6 Å². The predicted molar refractivity (Wildman–Crippen MR) is 422 cm³/mol. The summed E-state index contributed by atoms with van der Waals surface area (Å²) in [6, 6.07) is 5.80. The Kier molecular flexibility index (Phi) is 27.4. The van der Waals surface area contributed by atoms with Gasteiger partial charge in [-0.05, 0) is 158 Å². The van der Waals surface area contributed by atoms with Gasteiger partial charge in [-0.3, -0.25) is 63.4 Å². The molecule has 2 unspecified atom stereocenters. The molecule has 32 nitrogen and oxygen atoms in total. The summed E-state index contributed by atoms with van der Waals surface area (Å²) in [6.07, 6.45) is 26.0. The number of aromatic nitrogens is 9. The van der Waals surface area contributed by atoms with Crippen LogP contribution in [0, 0.1) is 11.8 Å². The third-order valence-electron chi connectivity index (χ3n) is 22.7. The summed E-state index contributed by atoms with van der Waals surface area (Å²) in [6.45, 7) is 5.92. The van der Waals surface area contributed by atoms with E-state index in [0.717, 1.165) is 154 Å². The second kappa shape index (κ2) is 38.5. The smallest absolute Gasteiger partial charge is 0.323 e. The quantitative estimate of drug-likeness (QED) is 0.0134. The van der Waals surface area contributed by atoms with Crippen molar-refractivity contribution in [3.63, 3.8) is 0 Å². The number of benzene rings is 1. The molecule has 6 fully saturated rings.